The first-order valence-corrected chi connectivity index (χ1v) is 12.2. The first-order valence-electron chi connectivity index (χ1n) is 12.2. The van der Waals surface area contributed by atoms with E-state index in [1.807, 2.05) is 44.2 Å². The lowest BCUT2D eigenvalue weighted by Crippen LogP contribution is -2.30. The summed E-state index contributed by atoms with van der Waals surface area (Å²) in [6.07, 6.45) is 6.62. The lowest BCUT2D eigenvalue weighted by molar-refractivity contribution is 0.0531. The lowest BCUT2D eigenvalue weighted by atomic mass is 9.82. The molecule has 3 aromatic rings. The number of hydrogen-bond donors (Lipinski definition) is 2. The molecule has 2 saturated carbocycles. The summed E-state index contributed by atoms with van der Waals surface area (Å²) in [6.45, 7) is 4.61. The third-order valence-electron chi connectivity index (χ3n) is 7.28. The Morgan fingerprint density at radius 2 is 1.85 bits per heavy atom. The molecule has 2 aliphatic carbocycles. The molecule has 0 bridgehead atoms. The topological polar surface area (TPSA) is 78.5 Å². The third kappa shape index (κ3) is 4.14. The first-order chi connectivity index (χ1) is 16.0. The highest BCUT2D eigenvalue weighted by Gasteiger charge is 2.28. The highest BCUT2D eigenvalue weighted by molar-refractivity contribution is 6.01. The summed E-state index contributed by atoms with van der Waals surface area (Å²) in [7, 11) is 0. The quantitative estimate of drug-likeness (QED) is 0.420. The van der Waals surface area contributed by atoms with Gasteiger partial charge in [-0.15, -0.1) is 0 Å². The Bertz CT molecular complexity index is 1140. The minimum absolute atomic E-state index is 0.0439. The molecule has 1 aromatic heterocycles. The van der Waals surface area contributed by atoms with Gasteiger partial charge in [-0.05, 0) is 76.1 Å². The van der Waals surface area contributed by atoms with Crippen LogP contribution in [-0.2, 0) is 4.74 Å². The van der Waals surface area contributed by atoms with Crippen LogP contribution in [0.4, 0.5) is 16.2 Å². The molecule has 5 rings (SSSR count). The molecule has 0 radical (unpaired) electrons. The molecule has 1 unspecified atom stereocenters. The number of nitrogens with one attached hydrogen (secondary N) is 1. The average molecular weight is 448 g/mol. The SMILES string of the molecule is CCOc1ccc2c(N)c(-c3ccc(NC(=O)OC(C)C4CCC4)cc3)n(C3CCC3)c2c1. The molecule has 0 spiro atoms. The summed E-state index contributed by atoms with van der Waals surface area (Å²) in [5.41, 5.74) is 11.4. The number of rotatable bonds is 7. The number of carbonyl (C=O) groups is 1. The fraction of sp³-hybridized carbons (Fsp3) is 0.444. The van der Waals surface area contributed by atoms with E-state index in [2.05, 4.69) is 22.0 Å². The Morgan fingerprint density at radius 3 is 2.45 bits per heavy atom. The van der Waals surface area contributed by atoms with Gasteiger partial charge in [-0.2, -0.15) is 0 Å². The van der Waals surface area contributed by atoms with Crippen molar-refractivity contribution in [3.05, 3.63) is 42.5 Å². The molecule has 1 amide bonds. The molecule has 2 fully saturated rings. The molecule has 0 saturated heterocycles. The number of aromatic nitrogens is 1. The summed E-state index contributed by atoms with van der Waals surface area (Å²) in [5.74, 6) is 1.36. The number of carbonyl (C=O) groups excluding carboxylic acids is 1. The Labute approximate surface area is 195 Å². The van der Waals surface area contributed by atoms with Gasteiger partial charge in [0, 0.05) is 28.7 Å². The van der Waals surface area contributed by atoms with E-state index in [1.165, 1.54) is 12.8 Å². The van der Waals surface area contributed by atoms with Crippen molar-refractivity contribution >= 4 is 28.4 Å². The van der Waals surface area contributed by atoms with Gasteiger partial charge in [0.2, 0.25) is 0 Å². The number of fused-ring (bicyclic) bond motifs is 1. The van der Waals surface area contributed by atoms with Crippen molar-refractivity contribution in [3.63, 3.8) is 0 Å². The normalized spacial score (nSPS) is 17.3. The van der Waals surface area contributed by atoms with Crippen molar-refractivity contribution in [3.8, 4) is 17.0 Å². The number of nitrogen functional groups attached to an aromatic ring is 1. The van der Waals surface area contributed by atoms with Gasteiger partial charge in [-0.1, -0.05) is 18.6 Å². The predicted molar refractivity (Wildman–Crippen MR) is 133 cm³/mol. The molecule has 6 heteroatoms. The van der Waals surface area contributed by atoms with E-state index in [1.54, 1.807) is 0 Å². The average Bonchev–Trinajstić information content (AvgIpc) is 2.98. The van der Waals surface area contributed by atoms with Crippen molar-refractivity contribution in [1.29, 1.82) is 0 Å². The summed E-state index contributed by atoms with van der Waals surface area (Å²) in [6, 6.07) is 14.5. The van der Waals surface area contributed by atoms with Crippen molar-refractivity contribution < 1.29 is 14.3 Å². The number of nitrogens with two attached hydrogens (primary N) is 1. The summed E-state index contributed by atoms with van der Waals surface area (Å²) in [4.78, 5) is 12.3. The molecular weight excluding hydrogens is 414 g/mol. The van der Waals surface area contributed by atoms with Crippen LogP contribution in [0.1, 0.15) is 58.4 Å². The lowest BCUT2D eigenvalue weighted by Gasteiger charge is -2.30. The van der Waals surface area contributed by atoms with Gasteiger partial charge in [0.25, 0.3) is 0 Å². The number of benzene rings is 2. The maximum Gasteiger partial charge on any atom is 0.411 e. The van der Waals surface area contributed by atoms with Gasteiger partial charge >= 0.3 is 6.09 Å². The van der Waals surface area contributed by atoms with E-state index < -0.39 is 6.09 Å². The maximum atomic E-state index is 12.3. The second-order valence-corrected chi connectivity index (χ2v) is 9.33. The highest BCUT2D eigenvalue weighted by atomic mass is 16.6. The summed E-state index contributed by atoms with van der Waals surface area (Å²) < 4.78 is 13.7. The zero-order valence-electron chi connectivity index (χ0n) is 19.5. The fourth-order valence-electron chi connectivity index (χ4n) is 4.92. The van der Waals surface area contributed by atoms with E-state index in [4.69, 9.17) is 15.2 Å². The Balaban J connectivity index is 1.41. The Kier molecular flexibility index (Phi) is 5.92. The number of anilines is 2. The van der Waals surface area contributed by atoms with E-state index in [0.29, 0.717) is 24.3 Å². The van der Waals surface area contributed by atoms with E-state index >= 15 is 0 Å². The second kappa shape index (κ2) is 9.00. The molecule has 1 atom stereocenters. The van der Waals surface area contributed by atoms with Crippen LogP contribution < -0.4 is 15.8 Å². The fourth-order valence-corrected chi connectivity index (χ4v) is 4.92. The molecule has 2 aliphatic rings. The highest BCUT2D eigenvalue weighted by Crippen LogP contribution is 2.45. The summed E-state index contributed by atoms with van der Waals surface area (Å²) >= 11 is 0. The molecule has 6 nitrogen and oxygen atoms in total. The van der Waals surface area contributed by atoms with E-state index in [0.717, 1.165) is 59.3 Å². The first kappa shape index (κ1) is 21.7. The zero-order chi connectivity index (χ0) is 22.9. The van der Waals surface area contributed by atoms with Gasteiger partial charge in [0.05, 0.1) is 23.5 Å². The monoisotopic (exact) mass is 447 g/mol. The van der Waals surface area contributed by atoms with Crippen molar-refractivity contribution in [2.24, 2.45) is 5.92 Å². The minimum Gasteiger partial charge on any atom is -0.494 e. The van der Waals surface area contributed by atoms with Crippen molar-refractivity contribution in [2.75, 3.05) is 17.7 Å². The van der Waals surface area contributed by atoms with Crippen LogP contribution in [0.2, 0.25) is 0 Å². The van der Waals surface area contributed by atoms with Crippen molar-refractivity contribution in [2.45, 2.75) is 64.5 Å². The molecule has 33 heavy (non-hydrogen) atoms. The van der Waals surface area contributed by atoms with Gasteiger partial charge in [0.15, 0.2) is 0 Å². The molecule has 0 aliphatic heterocycles. The number of nitrogens with zero attached hydrogens (tertiary/aromatic N) is 1. The number of hydrogen-bond acceptors (Lipinski definition) is 4. The number of amides is 1. The van der Waals surface area contributed by atoms with Crippen molar-refractivity contribution in [1.82, 2.24) is 4.57 Å². The maximum absolute atomic E-state index is 12.3. The van der Waals surface area contributed by atoms with Gasteiger partial charge in [-0.3, -0.25) is 5.32 Å². The molecule has 2 aromatic carbocycles. The molecule has 3 N–H and O–H groups in total. The van der Waals surface area contributed by atoms with E-state index in [9.17, 15) is 4.79 Å². The molecule has 174 valence electrons. The smallest absolute Gasteiger partial charge is 0.411 e. The van der Waals surface area contributed by atoms with Crippen LogP contribution in [0.25, 0.3) is 22.2 Å². The third-order valence-corrected chi connectivity index (χ3v) is 7.28. The Morgan fingerprint density at radius 1 is 1.12 bits per heavy atom. The molecule has 1 heterocycles. The standard InChI is InChI=1S/C27H33N3O3/c1-3-32-22-14-15-23-24(16-22)30(21-8-5-9-21)26(25(23)28)19-10-12-20(13-11-19)29-27(31)33-17(2)18-6-4-7-18/h10-18,21H,3-9,28H2,1-2H3,(H,29,31). The predicted octanol–water partition coefficient (Wildman–Crippen LogP) is 6.75. The van der Waals surface area contributed by atoms with Gasteiger partial charge < -0.3 is 19.8 Å². The van der Waals surface area contributed by atoms with Crippen LogP contribution in [0.15, 0.2) is 42.5 Å². The van der Waals surface area contributed by atoms with Crippen LogP contribution in [0.5, 0.6) is 5.75 Å². The van der Waals surface area contributed by atoms with Crippen LogP contribution >= 0.6 is 0 Å². The second-order valence-electron chi connectivity index (χ2n) is 9.33. The largest absolute Gasteiger partial charge is 0.494 e. The minimum atomic E-state index is -0.395. The molecular formula is C27H33N3O3. The van der Waals surface area contributed by atoms with Crippen LogP contribution in [0.3, 0.4) is 0 Å². The van der Waals surface area contributed by atoms with Gasteiger partial charge in [-0.25, -0.2) is 4.79 Å². The number of ether oxygens (including phenoxy) is 2. The van der Waals surface area contributed by atoms with E-state index in [-0.39, 0.29) is 6.10 Å². The Hall–Kier alpha value is -3.15. The van der Waals surface area contributed by atoms with Gasteiger partial charge in [0.1, 0.15) is 11.9 Å². The zero-order valence-corrected chi connectivity index (χ0v) is 19.5. The van der Waals surface area contributed by atoms with Crippen LogP contribution in [0, 0.1) is 5.92 Å². The van der Waals surface area contributed by atoms with Crippen LogP contribution in [-0.4, -0.2) is 23.4 Å². The summed E-state index contributed by atoms with van der Waals surface area (Å²) in [5, 5.41) is 3.91.